The molecule has 2 aromatic rings. The molecule has 6 nitrogen and oxygen atoms in total. The van der Waals surface area contributed by atoms with Crippen molar-refractivity contribution < 1.29 is 14.3 Å². The van der Waals surface area contributed by atoms with Crippen molar-refractivity contribution >= 4 is 5.91 Å². The molecule has 1 aromatic carbocycles. The van der Waals surface area contributed by atoms with Crippen LogP contribution in [0.15, 0.2) is 36.5 Å². The Morgan fingerprint density at radius 1 is 1.39 bits per heavy atom. The summed E-state index contributed by atoms with van der Waals surface area (Å²) < 4.78 is 10.3. The van der Waals surface area contributed by atoms with Crippen LogP contribution in [0.1, 0.15) is 17.3 Å². The lowest BCUT2D eigenvalue weighted by Crippen LogP contribution is -2.48. The second-order valence-electron chi connectivity index (χ2n) is 5.99. The number of rotatable bonds is 5. The fourth-order valence-corrected chi connectivity index (χ4v) is 2.34. The molecule has 0 aliphatic carbocycles. The monoisotopic (exact) mass is 313 g/mol. The molecule has 1 N–H and O–H groups in total. The molecule has 0 bridgehead atoms. The maximum absolute atomic E-state index is 12.3. The number of aromatic nitrogens is 2. The first-order valence-electron chi connectivity index (χ1n) is 7.43. The summed E-state index contributed by atoms with van der Waals surface area (Å²) in [4.78, 5) is 20.8. The van der Waals surface area contributed by atoms with Gasteiger partial charge in [-0.2, -0.15) is 4.98 Å². The molecule has 120 valence electrons. The van der Waals surface area contributed by atoms with E-state index in [-0.39, 0.29) is 11.3 Å². The van der Waals surface area contributed by atoms with Gasteiger partial charge in [-0.1, -0.05) is 19.1 Å². The number of amides is 1. The lowest BCUT2D eigenvalue weighted by molar-refractivity contribution is -0.0978. The SMILES string of the molecule is COc1ccnc(-c2cccc(C(=O)NCC3(C)COC3)c2)n1. The summed E-state index contributed by atoms with van der Waals surface area (Å²) in [5.74, 6) is 0.906. The van der Waals surface area contributed by atoms with Crippen LogP contribution in [0.4, 0.5) is 0 Å². The van der Waals surface area contributed by atoms with Gasteiger partial charge in [-0.25, -0.2) is 4.98 Å². The van der Waals surface area contributed by atoms with Crippen LogP contribution >= 0.6 is 0 Å². The van der Waals surface area contributed by atoms with Gasteiger partial charge in [0.1, 0.15) is 0 Å². The third kappa shape index (κ3) is 3.48. The Morgan fingerprint density at radius 2 is 2.22 bits per heavy atom. The van der Waals surface area contributed by atoms with E-state index in [1.807, 2.05) is 12.1 Å². The number of hydrogen-bond acceptors (Lipinski definition) is 5. The van der Waals surface area contributed by atoms with Crippen molar-refractivity contribution in [2.24, 2.45) is 5.41 Å². The van der Waals surface area contributed by atoms with Crippen LogP contribution in [0.2, 0.25) is 0 Å². The third-order valence-corrected chi connectivity index (χ3v) is 3.80. The van der Waals surface area contributed by atoms with Gasteiger partial charge in [-0.05, 0) is 12.1 Å². The number of nitrogens with zero attached hydrogens (tertiary/aromatic N) is 2. The lowest BCUT2D eigenvalue weighted by Gasteiger charge is -2.38. The van der Waals surface area contributed by atoms with E-state index < -0.39 is 0 Å². The van der Waals surface area contributed by atoms with Gasteiger partial charge in [0.05, 0.1) is 20.3 Å². The number of hydrogen-bond donors (Lipinski definition) is 1. The van der Waals surface area contributed by atoms with Gasteiger partial charge in [-0.3, -0.25) is 4.79 Å². The normalized spacial score (nSPS) is 15.6. The van der Waals surface area contributed by atoms with E-state index in [9.17, 15) is 4.79 Å². The molecule has 23 heavy (non-hydrogen) atoms. The predicted molar refractivity (Wildman–Crippen MR) is 85.3 cm³/mol. The summed E-state index contributed by atoms with van der Waals surface area (Å²) >= 11 is 0. The first kappa shape index (κ1) is 15.4. The number of ether oxygens (including phenoxy) is 2. The number of nitrogens with one attached hydrogen (secondary N) is 1. The molecule has 1 amide bonds. The van der Waals surface area contributed by atoms with Crippen LogP contribution in [0.3, 0.4) is 0 Å². The molecule has 1 aliphatic heterocycles. The highest BCUT2D eigenvalue weighted by Crippen LogP contribution is 2.25. The van der Waals surface area contributed by atoms with Crippen LogP contribution in [-0.2, 0) is 4.74 Å². The maximum Gasteiger partial charge on any atom is 0.251 e. The lowest BCUT2D eigenvalue weighted by atomic mass is 9.88. The van der Waals surface area contributed by atoms with Crippen molar-refractivity contribution in [3.05, 3.63) is 42.1 Å². The van der Waals surface area contributed by atoms with Crippen LogP contribution in [0, 0.1) is 5.41 Å². The predicted octanol–water partition coefficient (Wildman–Crippen LogP) is 1.92. The second-order valence-corrected chi connectivity index (χ2v) is 5.99. The molecule has 0 unspecified atom stereocenters. The van der Waals surface area contributed by atoms with Crippen molar-refractivity contribution in [3.63, 3.8) is 0 Å². The zero-order chi connectivity index (χ0) is 16.3. The van der Waals surface area contributed by atoms with Crippen molar-refractivity contribution in [2.45, 2.75) is 6.92 Å². The van der Waals surface area contributed by atoms with E-state index in [2.05, 4.69) is 22.2 Å². The van der Waals surface area contributed by atoms with Crippen LogP contribution < -0.4 is 10.1 Å². The van der Waals surface area contributed by atoms with E-state index in [0.29, 0.717) is 37.0 Å². The molecule has 0 atom stereocenters. The summed E-state index contributed by atoms with van der Waals surface area (Å²) in [5.41, 5.74) is 1.40. The minimum atomic E-state index is -0.108. The minimum Gasteiger partial charge on any atom is -0.481 e. The van der Waals surface area contributed by atoms with Gasteiger partial charge >= 0.3 is 0 Å². The van der Waals surface area contributed by atoms with Crippen molar-refractivity contribution in [1.82, 2.24) is 15.3 Å². The molecule has 3 rings (SSSR count). The van der Waals surface area contributed by atoms with Gasteiger partial charge in [0, 0.05) is 35.3 Å². The quantitative estimate of drug-likeness (QED) is 0.913. The van der Waals surface area contributed by atoms with Crippen molar-refractivity contribution in [1.29, 1.82) is 0 Å². The number of carbonyl (C=O) groups excluding carboxylic acids is 1. The Balaban J connectivity index is 1.74. The van der Waals surface area contributed by atoms with E-state index in [4.69, 9.17) is 9.47 Å². The summed E-state index contributed by atoms with van der Waals surface area (Å²) in [5, 5.41) is 2.96. The fourth-order valence-electron chi connectivity index (χ4n) is 2.34. The number of benzene rings is 1. The third-order valence-electron chi connectivity index (χ3n) is 3.80. The smallest absolute Gasteiger partial charge is 0.251 e. The average Bonchev–Trinajstić information content (AvgIpc) is 2.58. The summed E-state index contributed by atoms with van der Waals surface area (Å²) in [6.45, 7) is 4.07. The topological polar surface area (TPSA) is 73.3 Å². The maximum atomic E-state index is 12.3. The zero-order valence-corrected chi connectivity index (χ0v) is 13.2. The number of carbonyl (C=O) groups is 1. The highest BCUT2D eigenvalue weighted by molar-refractivity contribution is 5.95. The standard InChI is InChI=1S/C17H19N3O3/c1-17(10-23-11-17)9-19-16(21)13-5-3-4-12(8-13)15-18-7-6-14(20-15)22-2/h3-8H,9-11H2,1-2H3,(H,19,21). The van der Waals surface area contributed by atoms with Gasteiger partial charge in [0.15, 0.2) is 5.82 Å². The largest absolute Gasteiger partial charge is 0.481 e. The first-order chi connectivity index (χ1) is 11.1. The Morgan fingerprint density at radius 3 is 2.91 bits per heavy atom. The molecule has 0 spiro atoms. The first-order valence-corrected chi connectivity index (χ1v) is 7.43. The molecule has 6 heteroatoms. The second kappa shape index (κ2) is 6.34. The zero-order valence-electron chi connectivity index (χ0n) is 13.2. The van der Waals surface area contributed by atoms with E-state index in [0.717, 1.165) is 5.56 Å². The highest BCUT2D eigenvalue weighted by Gasteiger charge is 2.33. The number of methoxy groups -OCH3 is 1. The van der Waals surface area contributed by atoms with Crippen molar-refractivity contribution in [2.75, 3.05) is 26.9 Å². The van der Waals surface area contributed by atoms with Crippen molar-refractivity contribution in [3.8, 4) is 17.3 Å². The fraction of sp³-hybridized carbons (Fsp3) is 0.353. The minimum absolute atomic E-state index is 0.0448. The van der Waals surface area contributed by atoms with Gasteiger partial charge in [-0.15, -0.1) is 0 Å². The Labute approximate surface area is 134 Å². The molecule has 1 saturated heterocycles. The molecule has 1 aromatic heterocycles. The Kier molecular flexibility index (Phi) is 4.25. The summed E-state index contributed by atoms with van der Waals surface area (Å²) in [7, 11) is 1.56. The van der Waals surface area contributed by atoms with E-state index in [1.54, 1.807) is 31.5 Å². The molecular weight excluding hydrogens is 294 g/mol. The molecule has 1 aliphatic rings. The molecule has 2 heterocycles. The highest BCUT2D eigenvalue weighted by atomic mass is 16.5. The van der Waals surface area contributed by atoms with E-state index >= 15 is 0 Å². The molecule has 0 saturated carbocycles. The van der Waals surface area contributed by atoms with Gasteiger partial charge < -0.3 is 14.8 Å². The Bertz CT molecular complexity index is 714. The van der Waals surface area contributed by atoms with Crippen LogP contribution in [-0.4, -0.2) is 42.7 Å². The van der Waals surface area contributed by atoms with Crippen LogP contribution in [0.5, 0.6) is 5.88 Å². The Hall–Kier alpha value is -2.47. The molecule has 0 radical (unpaired) electrons. The summed E-state index contributed by atoms with van der Waals surface area (Å²) in [6.07, 6.45) is 1.63. The van der Waals surface area contributed by atoms with E-state index in [1.165, 1.54) is 0 Å². The van der Waals surface area contributed by atoms with Crippen LogP contribution in [0.25, 0.3) is 11.4 Å². The molecular formula is C17H19N3O3. The summed E-state index contributed by atoms with van der Waals surface area (Å²) in [6, 6.07) is 8.93. The molecule has 1 fully saturated rings. The van der Waals surface area contributed by atoms with Gasteiger partial charge in [0.2, 0.25) is 5.88 Å². The average molecular weight is 313 g/mol. The van der Waals surface area contributed by atoms with Gasteiger partial charge in [0.25, 0.3) is 5.91 Å².